The lowest BCUT2D eigenvalue weighted by molar-refractivity contribution is 0.631. The van der Waals surface area contributed by atoms with E-state index in [1.165, 1.54) is 0 Å². The van der Waals surface area contributed by atoms with Gasteiger partial charge in [0.05, 0.1) is 5.69 Å². The maximum absolute atomic E-state index is 4.41. The van der Waals surface area contributed by atoms with Gasteiger partial charge in [0, 0.05) is 56.5 Å². The first kappa shape index (κ1) is 15.4. The molecule has 0 bridgehead atoms. The van der Waals surface area contributed by atoms with Crippen LogP contribution in [0.15, 0.2) is 49.1 Å². The van der Waals surface area contributed by atoms with Gasteiger partial charge in [-0.1, -0.05) is 0 Å². The van der Waals surface area contributed by atoms with E-state index in [4.69, 9.17) is 0 Å². The minimum atomic E-state index is 0.796. The van der Waals surface area contributed by atoms with E-state index >= 15 is 0 Å². The van der Waals surface area contributed by atoms with Crippen molar-refractivity contribution in [2.24, 2.45) is 0 Å². The molecule has 3 aromatic heterocycles. The Balaban J connectivity index is 1.41. The minimum absolute atomic E-state index is 0.796. The highest BCUT2D eigenvalue weighted by Gasteiger charge is 2.20. The largest absolute Gasteiger partial charge is 0.352 e. The van der Waals surface area contributed by atoms with Crippen LogP contribution in [0, 0.1) is 6.92 Å². The number of aryl methyl sites for hydroxylation is 1. The summed E-state index contributed by atoms with van der Waals surface area (Å²) in [5.74, 6) is 1.70. The van der Waals surface area contributed by atoms with E-state index in [2.05, 4.69) is 34.9 Å². The van der Waals surface area contributed by atoms with E-state index in [1.54, 1.807) is 12.4 Å². The van der Waals surface area contributed by atoms with Gasteiger partial charge in [-0.15, -0.1) is 10.2 Å². The topological polar surface area (TPSA) is 70.9 Å². The van der Waals surface area contributed by atoms with Gasteiger partial charge in [-0.05, 0) is 36.8 Å². The summed E-state index contributed by atoms with van der Waals surface area (Å²) >= 11 is 0. The van der Waals surface area contributed by atoms with Gasteiger partial charge >= 0.3 is 0 Å². The predicted octanol–water partition coefficient (Wildman–Crippen LogP) is 1.96. The van der Waals surface area contributed by atoms with Gasteiger partial charge in [0.1, 0.15) is 0 Å². The van der Waals surface area contributed by atoms with Crippen molar-refractivity contribution in [3.63, 3.8) is 0 Å². The molecule has 4 rings (SSSR count). The van der Waals surface area contributed by atoms with Gasteiger partial charge in [-0.2, -0.15) is 0 Å². The Labute approximate surface area is 146 Å². The highest BCUT2D eigenvalue weighted by molar-refractivity contribution is 5.59. The number of hydrogen-bond donors (Lipinski definition) is 0. The van der Waals surface area contributed by atoms with Crippen LogP contribution in [0.25, 0.3) is 11.3 Å². The van der Waals surface area contributed by atoms with E-state index in [0.29, 0.717) is 0 Å². The van der Waals surface area contributed by atoms with E-state index in [0.717, 1.165) is 54.8 Å². The van der Waals surface area contributed by atoms with E-state index < -0.39 is 0 Å². The molecule has 0 unspecified atom stereocenters. The van der Waals surface area contributed by atoms with Crippen LogP contribution in [0.1, 0.15) is 5.56 Å². The quantitative estimate of drug-likeness (QED) is 0.725. The first-order chi connectivity index (χ1) is 12.3. The smallest absolute Gasteiger partial charge is 0.225 e. The van der Waals surface area contributed by atoms with E-state index in [9.17, 15) is 0 Å². The fourth-order valence-electron chi connectivity index (χ4n) is 2.86. The number of hydrogen-bond acceptors (Lipinski definition) is 7. The molecule has 1 aliphatic heterocycles. The second-order valence-electron chi connectivity index (χ2n) is 6.05. The van der Waals surface area contributed by atoms with Gasteiger partial charge in [-0.3, -0.25) is 4.98 Å². The number of anilines is 2. The molecule has 0 aromatic carbocycles. The van der Waals surface area contributed by atoms with Crippen LogP contribution >= 0.6 is 0 Å². The fraction of sp³-hybridized carbons (Fsp3) is 0.278. The molecule has 1 aliphatic rings. The van der Waals surface area contributed by atoms with Crippen molar-refractivity contribution >= 4 is 11.8 Å². The van der Waals surface area contributed by atoms with Gasteiger partial charge in [0.25, 0.3) is 0 Å². The zero-order valence-electron chi connectivity index (χ0n) is 14.1. The van der Waals surface area contributed by atoms with Crippen LogP contribution in [-0.4, -0.2) is 51.3 Å². The zero-order chi connectivity index (χ0) is 17.1. The van der Waals surface area contributed by atoms with Crippen LogP contribution in [-0.2, 0) is 0 Å². The number of nitrogens with zero attached hydrogens (tertiary/aromatic N) is 7. The molecule has 1 fully saturated rings. The van der Waals surface area contributed by atoms with Crippen molar-refractivity contribution in [2.45, 2.75) is 6.92 Å². The lowest BCUT2D eigenvalue weighted by Crippen LogP contribution is -2.47. The molecule has 7 nitrogen and oxygen atoms in total. The Bertz CT molecular complexity index is 810. The molecule has 3 aromatic rings. The number of aromatic nitrogens is 5. The summed E-state index contributed by atoms with van der Waals surface area (Å²) in [5, 5.41) is 8.75. The molecule has 7 heteroatoms. The van der Waals surface area contributed by atoms with Crippen molar-refractivity contribution in [1.29, 1.82) is 0 Å². The summed E-state index contributed by atoms with van der Waals surface area (Å²) in [6, 6.07) is 7.90. The molecule has 0 spiro atoms. The molecule has 4 heterocycles. The molecule has 0 atom stereocenters. The lowest BCUT2D eigenvalue weighted by atomic mass is 10.2. The third-order valence-electron chi connectivity index (χ3n) is 4.28. The summed E-state index contributed by atoms with van der Waals surface area (Å²) in [6.45, 7) is 5.49. The van der Waals surface area contributed by atoms with Gasteiger partial charge < -0.3 is 9.80 Å². The maximum atomic E-state index is 4.41. The van der Waals surface area contributed by atoms with E-state index in [-0.39, 0.29) is 0 Å². The maximum Gasteiger partial charge on any atom is 0.225 e. The Morgan fingerprint density at radius 1 is 0.800 bits per heavy atom. The average Bonchev–Trinajstić information content (AvgIpc) is 2.70. The van der Waals surface area contributed by atoms with E-state index in [1.807, 2.05) is 43.6 Å². The normalized spacial score (nSPS) is 14.6. The summed E-state index contributed by atoms with van der Waals surface area (Å²) in [4.78, 5) is 17.3. The zero-order valence-corrected chi connectivity index (χ0v) is 14.1. The SMILES string of the molecule is Cc1cnc(N2CCN(c3ccc(-c4ccncc4)nn3)CC2)nc1. The van der Waals surface area contributed by atoms with Gasteiger partial charge in [-0.25, -0.2) is 9.97 Å². The summed E-state index contributed by atoms with van der Waals surface area (Å²) < 4.78 is 0. The highest BCUT2D eigenvalue weighted by atomic mass is 15.3. The van der Waals surface area contributed by atoms with Crippen molar-refractivity contribution in [3.8, 4) is 11.3 Å². The first-order valence-electron chi connectivity index (χ1n) is 8.32. The molecule has 25 heavy (non-hydrogen) atoms. The minimum Gasteiger partial charge on any atom is -0.352 e. The monoisotopic (exact) mass is 333 g/mol. The summed E-state index contributed by atoms with van der Waals surface area (Å²) in [5.41, 5.74) is 2.96. The van der Waals surface area contributed by atoms with Crippen molar-refractivity contribution in [3.05, 3.63) is 54.6 Å². The van der Waals surface area contributed by atoms with Crippen LogP contribution in [0.5, 0.6) is 0 Å². The van der Waals surface area contributed by atoms with Crippen LogP contribution in [0.2, 0.25) is 0 Å². The second-order valence-corrected chi connectivity index (χ2v) is 6.05. The molecule has 0 N–H and O–H groups in total. The summed E-state index contributed by atoms with van der Waals surface area (Å²) in [6.07, 6.45) is 7.24. The Morgan fingerprint density at radius 2 is 1.48 bits per heavy atom. The molecular weight excluding hydrogens is 314 g/mol. The lowest BCUT2D eigenvalue weighted by Gasteiger charge is -2.35. The highest BCUT2D eigenvalue weighted by Crippen LogP contribution is 2.19. The predicted molar refractivity (Wildman–Crippen MR) is 96.5 cm³/mol. The Hall–Kier alpha value is -3.09. The number of pyridine rings is 1. The van der Waals surface area contributed by atoms with Crippen LogP contribution < -0.4 is 9.80 Å². The van der Waals surface area contributed by atoms with Crippen molar-refractivity contribution < 1.29 is 0 Å². The molecule has 0 aliphatic carbocycles. The van der Waals surface area contributed by atoms with Gasteiger partial charge in [0.2, 0.25) is 5.95 Å². The molecule has 0 radical (unpaired) electrons. The second kappa shape index (κ2) is 6.80. The molecular formula is C18H19N7. The standard InChI is InChI=1S/C18H19N7/c1-14-12-20-18(21-13-14)25-10-8-24(9-11-25)17-3-2-16(22-23-17)15-4-6-19-7-5-15/h2-7,12-13H,8-11H2,1H3. The van der Waals surface area contributed by atoms with Crippen LogP contribution in [0.3, 0.4) is 0 Å². The molecule has 0 saturated carbocycles. The van der Waals surface area contributed by atoms with Crippen LogP contribution in [0.4, 0.5) is 11.8 Å². The Morgan fingerprint density at radius 3 is 2.12 bits per heavy atom. The number of piperazine rings is 1. The molecule has 1 saturated heterocycles. The third kappa shape index (κ3) is 3.40. The van der Waals surface area contributed by atoms with Gasteiger partial charge in [0.15, 0.2) is 5.82 Å². The molecule has 0 amide bonds. The number of rotatable bonds is 3. The average molecular weight is 333 g/mol. The van der Waals surface area contributed by atoms with Crippen molar-refractivity contribution in [1.82, 2.24) is 25.1 Å². The first-order valence-corrected chi connectivity index (χ1v) is 8.32. The fourth-order valence-corrected chi connectivity index (χ4v) is 2.86. The van der Waals surface area contributed by atoms with Crippen molar-refractivity contribution in [2.75, 3.05) is 36.0 Å². The summed E-state index contributed by atoms with van der Waals surface area (Å²) in [7, 11) is 0. The Kier molecular flexibility index (Phi) is 4.20. The third-order valence-corrected chi connectivity index (χ3v) is 4.28. The molecule has 126 valence electrons.